The Labute approximate surface area is 163 Å². The second-order valence-corrected chi connectivity index (χ2v) is 6.20. The molecule has 2 aromatic carbocycles. The zero-order valence-electron chi connectivity index (χ0n) is 14.3. The van der Waals surface area contributed by atoms with Crippen LogP contribution < -0.4 is 10.9 Å². The number of aromatic nitrogens is 2. The molecule has 0 bridgehead atoms. The summed E-state index contributed by atoms with van der Waals surface area (Å²) in [6.07, 6.45) is 0. The first kappa shape index (κ1) is 19.5. The van der Waals surface area contributed by atoms with Gasteiger partial charge in [0.05, 0.1) is 5.69 Å². The van der Waals surface area contributed by atoms with Crippen molar-refractivity contribution >= 4 is 23.4 Å². The summed E-state index contributed by atoms with van der Waals surface area (Å²) >= 11 is 6.22. The predicted molar refractivity (Wildman–Crippen MR) is 100 cm³/mol. The summed E-state index contributed by atoms with van der Waals surface area (Å²) in [5, 5.41) is 11.7. The number of hydrogen-bond acceptors (Lipinski definition) is 4. The Morgan fingerprint density at radius 3 is 2.57 bits per heavy atom. The minimum Gasteiger partial charge on any atom is -0.480 e. The van der Waals surface area contributed by atoms with Gasteiger partial charge in [-0.2, -0.15) is 0 Å². The number of halogens is 3. The van der Waals surface area contributed by atoms with E-state index < -0.39 is 29.7 Å². The van der Waals surface area contributed by atoms with Crippen molar-refractivity contribution in [2.75, 3.05) is 5.32 Å². The molecule has 0 fully saturated rings. The van der Waals surface area contributed by atoms with Crippen molar-refractivity contribution in [3.63, 3.8) is 0 Å². The van der Waals surface area contributed by atoms with E-state index in [1.54, 1.807) is 30.3 Å². The van der Waals surface area contributed by atoms with E-state index in [4.69, 9.17) is 11.6 Å². The monoisotopic (exact) mass is 405 g/mol. The Morgan fingerprint density at radius 2 is 1.89 bits per heavy atom. The molecule has 9 heteroatoms. The van der Waals surface area contributed by atoms with Crippen LogP contribution in [0.5, 0.6) is 0 Å². The summed E-state index contributed by atoms with van der Waals surface area (Å²) in [5.74, 6) is -2.81. The van der Waals surface area contributed by atoms with Gasteiger partial charge in [-0.3, -0.25) is 14.2 Å². The summed E-state index contributed by atoms with van der Waals surface area (Å²) in [6.45, 7) is -0.881. The zero-order chi connectivity index (χ0) is 20.3. The van der Waals surface area contributed by atoms with E-state index in [2.05, 4.69) is 10.3 Å². The average Bonchev–Trinajstić information content (AvgIpc) is 2.66. The van der Waals surface area contributed by atoms with Crippen LogP contribution in [0.15, 0.2) is 53.3 Å². The van der Waals surface area contributed by atoms with Crippen LogP contribution in [0.3, 0.4) is 0 Å². The van der Waals surface area contributed by atoms with Gasteiger partial charge in [0.15, 0.2) is 11.0 Å². The lowest BCUT2D eigenvalue weighted by Crippen LogP contribution is -2.29. The number of carboxylic acid groups (broad SMARTS) is 1. The van der Waals surface area contributed by atoms with E-state index in [1.807, 2.05) is 0 Å². The fraction of sp³-hybridized carbons (Fsp3) is 0.105. The lowest BCUT2D eigenvalue weighted by molar-refractivity contribution is -0.137. The maximum Gasteiger partial charge on any atom is 0.323 e. The van der Waals surface area contributed by atoms with Crippen LogP contribution in [-0.4, -0.2) is 20.6 Å². The van der Waals surface area contributed by atoms with E-state index in [-0.39, 0.29) is 28.8 Å². The van der Waals surface area contributed by atoms with Crippen LogP contribution in [-0.2, 0) is 17.9 Å². The number of carbonyl (C=O) groups is 1. The van der Waals surface area contributed by atoms with Gasteiger partial charge in [0.25, 0.3) is 5.56 Å². The number of aliphatic carboxylic acids is 1. The summed E-state index contributed by atoms with van der Waals surface area (Å²) in [7, 11) is 0. The summed E-state index contributed by atoms with van der Waals surface area (Å²) in [6, 6.07) is 11.4. The van der Waals surface area contributed by atoms with Crippen molar-refractivity contribution in [3.8, 4) is 11.3 Å². The Bertz CT molecular complexity index is 1090. The molecule has 0 unspecified atom stereocenters. The van der Waals surface area contributed by atoms with Crippen molar-refractivity contribution in [3.05, 3.63) is 81.2 Å². The molecule has 0 saturated heterocycles. The summed E-state index contributed by atoms with van der Waals surface area (Å²) in [4.78, 5) is 28.0. The molecule has 0 aliphatic heterocycles. The van der Waals surface area contributed by atoms with Gasteiger partial charge in [0.2, 0.25) is 0 Å². The van der Waals surface area contributed by atoms with Crippen LogP contribution in [0.2, 0.25) is 5.15 Å². The smallest absolute Gasteiger partial charge is 0.323 e. The fourth-order valence-corrected chi connectivity index (χ4v) is 2.97. The number of nitrogens with zero attached hydrogens (tertiary/aromatic N) is 2. The van der Waals surface area contributed by atoms with Gasteiger partial charge >= 0.3 is 5.97 Å². The van der Waals surface area contributed by atoms with Crippen molar-refractivity contribution in [2.45, 2.75) is 13.1 Å². The van der Waals surface area contributed by atoms with Gasteiger partial charge in [-0.1, -0.05) is 41.9 Å². The molecular weight excluding hydrogens is 392 g/mol. The van der Waals surface area contributed by atoms with Gasteiger partial charge in [-0.25, -0.2) is 13.8 Å². The molecule has 0 atom stereocenters. The second-order valence-electron chi connectivity index (χ2n) is 5.84. The molecule has 6 nitrogen and oxygen atoms in total. The zero-order valence-corrected chi connectivity index (χ0v) is 15.1. The number of nitrogens with one attached hydrogen (secondary N) is 1. The highest BCUT2D eigenvalue weighted by molar-refractivity contribution is 6.32. The molecule has 28 heavy (non-hydrogen) atoms. The highest BCUT2D eigenvalue weighted by Gasteiger charge is 2.19. The predicted octanol–water partition coefficient (Wildman–Crippen LogP) is 3.54. The van der Waals surface area contributed by atoms with Crippen molar-refractivity contribution < 1.29 is 18.7 Å². The number of benzene rings is 2. The van der Waals surface area contributed by atoms with Crippen LogP contribution in [0.4, 0.5) is 14.6 Å². The number of rotatable bonds is 6. The lowest BCUT2D eigenvalue weighted by Gasteiger charge is -2.15. The first-order valence-corrected chi connectivity index (χ1v) is 8.50. The topological polar surface area (TPSA) is 84.2 Å². The molecule has 3 rings (SSSR count). The van der Waals surface area contributed by atoms with Crippen molar-refractivity contribution in [2.24, 2.45) is 0 Å². The number of anilines is 1. The van der Waals surface area contributed by atoms with E-state index in [0.717, 1.165) is 22.8 Å². The quantitative estimate of drug-likeness (QED) is 0.655. The number of carboxylic acids is 1. The minimum absolute atomic E-state index is 0.0192. The molecule has 2 N–H and O–H groups in total. The fourth-order valence-electron chi connectivity index (χ4n) is 2.67. The Balaban J connectivity index is 2.03. The molecule has 144 valence electrons. The maximum absolute atomic E-state index is 13.8. The lowest BCUT2D eigenvalue weighted by atomic mass is 10.1. The SMILES string of the molecule is O=C(O)Cn1c(-c2ccccc2)c(Cl)nc(NCc2cc(F)ccc2F)c1=O. The van der Waals surface area contributed by atoms with E-state index in [9.17, 15) is 23.5 Å². The highest BCUT2D eigenvalue weighted by Crippen LogP contribution is 2.26. The molecule has 0 saturated carbocycles. The Kier molecular flexibility index (Phi) is 5.70. The molecule has 0 aliphatic carbocycles. The molecule has 0 aliphatic rings. The number of hydrogen-bond donors (Lipinski definition) is 2. The van der Waals surface area contributed by atoms with Crippen LogP contribution in [0.25, 0.3) is 11.3 Å². The summed E-state index contributed by atoms with van der Waals surface area (Å²) < 4.78 is 28.0. The van der Waals surface area contributed by atoms with Crippen molar-refractivity contribution in [1.29, 1.82) is 0 Å². The van der Waals surface area contributed by atoms with E-state index in [0.29, 0.717) is 5.56 Å². The largest absolute Gasteiger partial charge is 0.480 e. The van der Waals surface area contributed by atoms with Crippen LogP contribution >= 0.6 is 11.6 Å². The maximum atomic E-state index is 13.8. The molecule has 1 heterocycles. The highest BCUT2D eigenvalue weighted by atomic mass is 35.5. The average molecular weight is 406 g/mol. The molecule has 0 radical (unpaired) electrons. The third-order valence-corrected chi connectivity index (χ3v) is 4.18. The molecule has 1 aromatic heterocycles. The molecular formula is C19H14ClF2N3O3. The van der Waals surface area contributed by atoms with Gasteiger partial charge < -0.3 is 10.4 Å². The van der Waals surface area contributed by atoms with Gasteiger partial charge in [-0.05, 0) is 18.2 Å². The van der Waals surface area contributed by atoms with Crippen LogP contribution in [0.1, 0.15) is 5.56 Å². The van der Waals surface area contributed by atoms with Gasteiger partial charge in [0.1, 0.15) is 18.2 Å². The first-order chi connectivity index (χ1) is 13.4. The van der Waals surface area contributed by atoms with Crippen molar-refractivity contribution in [1.82, 2.24) is 9.55 Å². The first-order valence-electron chi connectivity index (χ1n) is 8.12. The van der Waals surface area contributed by atoms with Gasteiger partial charge in [-0.15, -0.1) is 0 Å². The Hall–Kier alpha value is -3.26. The standard InChI is InChI=1S/C19H14ClF2N3O3/c20-17-16(11-4-2-1-3-5-11)25(10-15(26)27)19(28)18(24-17)23-9-12-8-13(21)6-7-14(12)22/h1-8H,9-10H2,(H,23,24)(H,26,27). The molecule has 3 aromatic rings. The minimum atomic E-state index is -1.25. The second kappa shape index (κ2) is 8.18. The Morgan fingerprint density at radius 1 is 1.18 bits per heavy atom. The summed E-state index contributed by atoms with van der Waals surface area (Å²) in [5.41, 5.74) is -0.102. The normalized spacial score (nSPS) is 10.7. The molecule has 0 amide bonds. The van der Waals surface area contributed by atoms with E-state index >= 15 is 0 Å². The van der Waals surface area contributed by atoms with Gasteiger partial charge in [0, 0.05) is 17.7 Å². The third kappa shape index (κ3) is 4.17. The third-order valence-electron chi connectivity index (χ3n) is 3.92. The van der Waals surface area contributed by atoms with Crippen LogP contribution in [0, 0.1) is 11.6 Å². The molecule has 0 spiro atoms. The van der Waals surface area contributed by atoms with E-state index in [1.165, 1.54) is 0 Å².